The lowest BCUT2D eigenvalue weighted by molar-refractivity contribution is 0.364. The summed E-state index contributed by atoms with van der Waals surface area (Å²) in [7, 11) is -3.42. The lowest BCUT2D eigenvalue weighted by Gasteiger charge is -2.36. The molecule has 0 amide bonds. The van der Waals surface area contributed by atoms with Gasteiger partial charge in [0.1, 0.15) is 0 Å². The summed E-state index contributed by atoms with van der Waals surface area (Å²) in [5.41, 5.74) is 7.08. The van der Waals surface area contributed by atoms with Crippen LogP contribution < -0.4 is 15.4 Å². The Morgan fingerprint density at radius 3 is 2.29 bits per heavy atom. The summed E-state index contributed by atoms with van der Waals surface area (Å²) in [6.45, 7) is 7.79. The molecule has 118 valence electrons. The summed E-state index contributed by atoms with van der Waals surface area (Å²) in [5, 5.41) is 0. The Balaban J connectivity index is 2.00. The van der Waals surface area contributed by atoms with Gasteiger partial charge in [-0.05, 0) is 39.0 Å². The molecular weight excluding hydrogens is 288 g/mol. The van der Waals surface area contributed by atoms with Gasteiger partial charge in [0.25, 0.3) is 10.2 Å². The van der Waals surface area contributed by atoms with Crippen molar-refractivity contribution < 1.29 is 8.42 Å². The van der Waals surface area contributed by atoms with Crippen molar-refractivity contribution in [2.75, 3.05) is 36.8 Å². The van der Waals surface area contributed by atoms with Crippen LogP contribution in [0.25, 0.3) is 0 Å². The van der Waals surface area contributed by atoms with Gasteiger partial charge in [-0.2, -0.15) is 17.4 Å². The topological polar surface area (TPSA) is 78.7 Å². The van der Waals surface area contributed by atoms with E-state index in [-0.39, 0.29) is 0 Å². The summed E-state index contributed by atoms with van der Waals surface area (Å²) in [6.07, 6.45) is 0. The Morgan fingerprint density at radius 2 is 1.76 bits per heavy atom. The minimum Gasteiger partial charge on any atom is -0.399 e. The van der Waals surface area contributed by atoms with Gasteiger partial charge in [0.05, 0.1) is 0 Å². The quantitative estimate of drug-likeness (QED) is 0.817. The van der Waals surface area contributed by atoms with Crippen LogP contribution >= 0.6 is 0 Å². The zero-order chi connectivity index (χ0) is 15.7. The molecule has 6 nitrogen and oxygen atoms in total. The third-order valence-corrected chi connectivity index (χ3v) is 5.16. The van der Waals surface area contributed by atoms with Crippen molar-refractivity contribution >= 4 is 21.6 Å². The number of nitrogens with two attached hydrogens (primary N) is 1. The van der Waals surface area contributed by atoms with E-state index < -0.39 is 15.7 Å². The normalized spacial score (nSPS) is 18.0. The zero-order valence-corrected chi connectivity index (χ0v) is 13.7. The molecule has 3 N–H and O–H groups in total. The SMILES string of the molecule is CC(C)(C)NS(=O)(=O)N1CCN(c2cccc(N)c2)CC1. The second-order valence-electron chi connectivity index (χ2n) is 6.34. The van der Waals surface area contributed by atoms with E-state index in [4.69, 9.17) is 5.73 Å². The molecule has 0 aliphatic carbocycles. The van der Waals surface area contributed by atoms with E-state index in [2.05, 4.69) is 9.62 Å². The average molecular weight is 312 g/mol. The Kier molecular flexibility index (Phi) is 4.46. The maximum Gasteiger partial charge on any atom is 0.280 e. The van der Waals surface area contributed by atoms with Crippen LogP contribution in [0.5, 0.6) is 0 Å². The lowest BCUT2D eigenvalue weighted by atomic mass is 10.1. The number of benzene rings is 1. The van der Waals surface area contributed by atoms with Gasteiger partial charge in [-0.3, -0.25) is 0 Å². The monoisotopic (exact) mass is 312 g/mol. The fourth-order valence-corrected chi connectivity index (χ4v) is 3.91. The highest BCUT2D eigenvalue weighted by Gasteiger charge is 2.30. The molecule has 0 unspecified atom stereocenters. The van der Waals surface area contributed by atoms with Crippen LogP contribution in [0.3, 0.4) is 0 Å². The minimum atomic E-state index is -3.42. The fourth-order valence-electron chi connectivity index (χ4n) is 2.36. The van der Waals surface area contributed by atoms with Crippen LogP contribution in [-0.4, -0.2) is 44.4 Å². The Bertz CT molecular complexity index is 587. The first-order chi connectivity index (χ1) is 9.67. The minimum absolute atomic E-state index is 0.468. The molecule has 7 heteroatoms. The Hall–Kier alpha value is -1.31. The molecule has 0 aromatic heterocycles. The van der Waals surface area contributed by atoms with E-state index in [1.54, 1.807) is 0 Å². The Morgan fingerprint density at radius 1 is 1.14 bits per heavy atom. The third kappa shape index (κ3) is 4.33. The van der Waals surface area contributed by atoms with Crippen LogP contribution in [0.15, 0.2) is 24.3 Å². The lowest BCUT2D eigenvalue weighted by Crippen LogP contribution is -2.55. The summed E-state index contributed by atoms with van der Waals surface area (Å²) in [6, 6.07) is 7.66. The first kappa shape index (κ1) is 16.1. The third-order valence-electron chi connectivity index (χ3n) is 3.25. The van der Waals surface area contributed by atoms with Gasteiger partial charge in [-0.1, -0.05) is 6.07 Å². The first-order valence-corrected chi connectivity index (χ1v) is 8.51. The second-order valence-corrected chi connectivity index (χ2v) is 8.01. The average Bonchev–Trinajstić information content (AvgIpc) is 2.36. The molecule has 1 aliphatic rings. The van der Waals surface area contributed by atoms with Gasteiger partial charge in [0.2, 0.25) is 0 Å². The van der Waals surface area contributed by atoms with Crippen molar-refractivity contribution in [3.63, 3.8) is 0 Å². The summed E-state index contributed by atoms with van der Waals surface area (Å²) in [5.74, 6) is 0. The first-order valence-electron chi connectivity index (χ1n) is 7.07. The molecule has 0 atom stereocenters. The smallest absolute Gasteiger partial charge is 0.280 e. The van der Waals surface area contributed by atoms with Gasteiger partial charge in [-0.25, -0.2) is 0 Å². The molecule has 0 saturated carbocycles. The molecule has 0 bridgehead atoms. The standard InChI is InChI=1S/C14H24N4O2S/c1-14(2,3)16-21(19,20)18-9-7-17(8-10-18)13-6-4-5-12(15)11-13/h4-6,11,16H,7-10,15H2,1-3H3. The van der Waals surface area contributed by atoms with Crippen molar-refractivity contribution in [3.8, 4) is 0 Å². The van der Waals surface area contributed by atoms with Gasteiger partial charge >= 0.3 is 0 Å². The summed E-state index contributed by atoms with van der Waals surface area (Å²) >= 11 is 0. The van der Waals surface area contributed by atoms with Crippen LogP contribution in [0.2, 0.25) is 0 Å². The molecule has 1 aromatic carbocycles. The molecule has 0 radical (unpaired) electrons. The predicted molar refractivity (Wildman–Crippen MR) is 86.4 cm³/mol. The van der Waals surface area contributed by atoms with Crippen LogP contribution in [-0.2, 0) is 10.2 Å². The number of nitrogens with one attached hydrogen (secondary N) is 1. The predicted octanol–water partition coefficient (Wildman–Crippen LogP) is 1.02. The number of anilines is 2. The molecular formula is C14H24N4O2S. The van der Waals surface area contributed by atoms with Gasteiger partial charge in [0.15, 0.2) is 0 Å². The van der Waals surface area contributed by atoms with E-state index in [1.165, 1.54) is 4.31 Å². The second kappa shape index (κ2) is 5.82. The summed E-state index contributed by atoms with van der Waals surface area (Å²) < 4.78 is 28.7. The van der Waals surface area contributed by atoms with E-state index >= 15 is 0 Å². The van der Waals surface area contributed by atoms with Crippen molar-refractivity contribution in [3.05, 3.63) is 24.3 Å². The number of hydrogen-bond acceptors (Lipinski definition) is 4. The van der Waals surface area contributed by atoms with Gasteiger partial charge in [0, 0.05) is 43.1 Å². The number of nitrogen functional groups attached to an aromatic ring is 1. The van der Waals surface area contributed by atoms with Crippen LogP contribution in [0, 0.1) is 0 Å². The van der Waals surface area contributed by atoms with Crippen LogP contribution in [0.1, 0.15) is 20.8 Å². The number of hydrogen-bond donors (Lipinski definition) is 2. The molecule has 2 rings (SSSR count). The van der Waals surface area contributed by atoms with E-state index in [1.807, 2.05) is 45.0 Å². The molecule has 1 heterocycles. The number of rotatable bonds is 3. The van der Waals surface area contributed by atoms with Gasteiger partial charge in [-0.15, -0.1) is 0 Å². The zero-order valence-electron chi connectivity index (χ0n) is 12.8. The molecule has 1 fully saturated rings. The van der Waals surface area contributed by atoms with Crippen molar-refractivity contribution in [2.24, 2.45) is 0 Å². The van der Waals surface area contributed by atoms with E-state index in [0.717, 1.165) is 11.4 Å². The van der Waals surface area contributed by atoms with E-state index in [9.17, 15) is 8.42 Å². The number of nitrogens with zero attached hydrogens (tertiary/aromatic N) is 2. The van der Waals surface area contributed by atoms with Crippen molar-refractivity contribution in [1.29, 1.82) is 0 Å². The molecule has 1 saturated heterocycles. The van der Waals surface area contributed by atoms with E-state index in [0.29, 0.717) is 26.2 Å². The van der Waals surface area contributed by atoms with Crippen LogP contribution in [0.4, 0.5) is 11.4 Å². The molecule has 1 aromatic rings. The highest BCUT2D eigenvalue weighted by molar-refractivity contribution is 7.87. The van der Waals surface area contributed by atoms with Gasteiger partial charge < -0.3 is 10.6 Å². The number of piperazine rings is 1. The largest absolute Gasteiger partial charge is 0.399 e. The maximum atomic E-state index is 12.3. The maximum absolute atomic E-state index is 12.3. The summed E-state index contributed by atoms with van der Waals surface area (Å²) in [4.78, 5) is 2.15. The Labute approximate surface area is 127 Å². The van der Waals surface area contributed by atoms with Crippen molar-refractivity contribution in [1.82, 2.24) is 9.03 Å². The van der Waals surface area contributed by atoms with Crippen molar-refractivity contribution in [2.45, 2.75) is 26.3 Å². The molecule has 21 heavy (non-hydrogen) atoms. The highest BCUT2D eigenvalue weighted by Crippen LogP contribution is 2.20. The molecule has 1 aliphatic heterocycles. The molecule has 0 spiro atoms. The highest BCUT2D eigenvalue weighted by atomic mass is 32.2. The fraction of sp³-hybridized carbons (Fsp3) is 0.571.